The first-order valence-corrected chi connectivity index (χ1v) is 11.7. The summed E-state index contributed by atoms with van der Waals surface area (Å²) >= 11 is 0. The number of aromatic hydroxyl groups is 1. The monoisotopic (exact) mass is 484 g/mol. The SMILES string of the molecule is CC(=N/Nc1ccc2c(c1)C(C)CC2)/C(C=O)=N/Nc1cc(C)cc(-c2cccc(C(=O)O)c2)c1O. The number of nitrogens with zero attached hydrogens (tertiary/aromatic N) is 2. The number of hydrogen-bond donors (Lipinski definition) is 4. The lowest BCUT2D eigenvalue weighted by atomic mass is 9.99. The highest BCUT2D eigenvalue weighted by atomic mass is 16.4. The van der Waals surface area contributed by atoms with Crippen molar-refractivity contribution in [1.29, 1.82) is 0 Å². The molecule has 3 aromatic rings. The van der Waals surface area contributed by atoms with Crippen molar-refractivity contribution in [3.05, 3.63) is 76.9 Å². The third kappa shape index (κ3) is 5.27. The molecule has 1 aliphatic carbocycles. The van der Waals surface area contributed by atoms with Gasteiger partial charge in [-0.1, -0.05) is 25.1 Å². The fraction of sp³-hybridized carbons (Fsp3) is 0.214. The average molecular weight is 485 g/mol. The molecule has 0 aliphatic heterocycles. The second-order valence-corrected chi connectivity index (χ2v) is 8.98. The maximum absolute atomic E-state index is 11.7. The van der Waals surface area contributed by atoms with Gasteiger partial charge >= 0.3 is 5.97 Å². The highest BCUT2D eigenvalue weighted by Gasteiger charge is 2.18. The predicted octanol–water partition coefficient (Wildman–Crippen LogP) is 5.57. The molecule has 8 nitrogen and oxygen atoms in total. The second kappa shape index (κ2) is 10.4. The maximum Gasteiger partial charge on any atom is 0.335 e. The predicted molar refractivity (Wildman–Crippen MR) is 142 cm³/mol. The van der Waals surface area contributed by atoms with E-state index in [4.69, 9.17) is 0 Å². The van der Waals surface area contributed by atoms with Gasteiger partial charge in [-0.25, -0.2) is 4.79 Å². The molecule has 0 amide bonds. The number of carbonyl (C=O) groups excluding carboxylic acids is 1. The van der Waals surface area contributed by atoms with Crippen LogP contribution in [0.3, 0.4) is 0 Å². The Morgan fingerprint density at radius 1 is 1.08 bits per heavy atom. The van der Waals surface area contributed by atoms with Crippen molar-refractivity contribution in [2.24, 2.45) is 10.2 Å². The third-order valence-electron chi connectivity index (χ3n) is 6.33. The van der Waals surface area contributed by atoms with E-state index in [1.807, 2.05) is 13.0 Å². The second-order valence-electron chi connectivity index (χ2n) is 8.98. The van der Waals surface area contributed by atoms with Crippen molar-refractivity contribution in [2.45, 2.75) is 39.5 Å². The number of aryl methyl sites for hydroxylation is 2. The van der Waals surface area contributed by atoms with E-state index in [2.05, 4.69) is 40.1 Å². The zero-order valence-electron chi connectivity index (χ0n) is 20.4. The summed E-state index contributed by atoms with van der Waals surface area (Å²) in [7, 11) is 0. The summed E-state index contributed by atoms with van der Waals surface area (Å²) in [5, 5.41) is 28.6. The van der Waals surface area contributed by atoms with Gasteiger partial charge in [0, 0.05) is 5.56 Å². The van der Waals surface area contributed by atoms with Crippen LogP contribution in [0.5, 0.6) is 5.75 Å². The quantitative estimate of drug-likeness (QED) is 0.143. The maximum atomic E-state index is 11.7. The number of carboxylic acid groups (broad SMARTS) is 1. The summed E-state index contributed by atoms with van der Waals surface area (Å²) in [6, 6.07) is 15.9. The number of benzene rings is 3. The third-order valence-corrected chi connectivity index (χ3v) is 6.33. The Bertz CT molecular complexity index is 1390. The van der Waals surface area contributed by atoms with E-state index in [0.29, 0.717) is 29.0 Å². The molecule has 8 heteroatoms. The molecule has 0 aromatic heterocycles. The Balaban J connectivity index is 1.55. The molecular weight excluding hydrogens is 456 g/mol. The topological polar surface area (TPSA) is 123 Å². The molecular formula is C28H28N4O4. The first kappa shape index (κ1) is 24.7. The molecule has 0 heterocycles. The number of phenols is 1. The molecule has 184 valence electrons. The molecule has 1 unspecified atom stereocenters. The zero-order chi connectivity index (χ0) is 25.8. The Kier molecular flexibility index (Phi) is 7.15. The van der Waals surface area contributed by atoms with Crippen molar-refractivity contribution in [3.8, 4) is 16.9 Å². The standard InChI is InChI=1S/C28H28N4O4/c1-16-11-24(20-5-4-6-21(13-20)28(35)36)27(34)25(12-16)31-32-26(15-33)18(3)29-30-22-10-9-19-8-7-17(2)23(19)14-22/h4-6,9-15,17,30-31,34H,7-8H2,1-3H3,(H,35,36)/b29-18-,32-26+. The van der Waals surface area contributed by atoms with Crippen LogP contribution < -0.4 is 10.9 Å². The number of hydrazone groups is 2. The minimum Gasteiger partial charge on any atom is -0.505 e. The van der Waals surface area contributed by atoms with Gasteiger partial charge in [0.25, 0.3) is 0 Å². The van der Waals surface area contributed by atoms with Crippen LogP contribution in [0.2, 0.25) is 0 Å². The van der Waals surface area contributed by atoms with E-state index in [0.717, 1.165) is 24.1 Å². The van der Waals surface area contributed by atoms with Gasteiger partial charge in [-0.05, 0) is 91.3 Å². The van der Waals surface area contributed by atoms with Crippen molar-refractivity contribution < 1.29 is 19.8 Å². The summed E-state index contributed by atoms with van der Waals surface area (Å²) in [6.45, 7) is 5.71. The number of aromatic carboxylic acids is 1. The highest BCUT2D eigenvalue weighted by molar-refractivity contribution is 6.61. The number of carboxylic acids is 1. The minimum atomic E-state index is -1.06. The number of fused-ring (bicyclic) bond motifs is 1. The molecule has 0 saturated carbocycles. The van der Waals surface area contributed by atoms with Crippen LogP contribution in [0.15, 0.2) is 64.8 Å². The smallest absolute Gasteiger partial charge is 0.335 e. The summed E-state index contributed by atoms with van der Waals surface area (Å²) in [5.41, 5.74) is 11.9. The van der Waals surface area contributed by atoms with Gasteiger partial charge in [0.05, 0.1) is 22.6 Å². The lowest BCUT2D eigenvalue weighted by Crippen LogP contribution is -2.16. The van der Waals surface area contributed by atoms with E-state index < -0.39 is 5.97 Å². The molecule has 4 N–H and O–H groups in total. The van der Waals surface area contributed by atoms with Crippen LogP contribution >= 0.6 is 0 Å². The number of rotatable bonds is 8. The molecule has 1 aliphatic rings. The van der Waals surface area contributed by atoms with Crippen LogP contribution in [-0.4, -0.2) is 33.9 Å². The Hall–Kier alpha value is -4.46. The molecule has 0 radical (unpaired) electrons. The highest BCUT2D eigenvalue weighted by Crippen LogP contribution is 2.37. The number of aldehydes is 1. The van der Waals surface area contributed by atoms with Gasteiger partial charge in [-0.2, -0.15) is 10.2 Å². The molecule has 1 atom stereocenters. The van der Waals surface area contributed by atoms with Crippen molar-refractivity contribution >= 4 is 35.1 Å². The molecule has 0 bridgehead atoms. The van der Waals surface area contributed by atoms with Gasteiger partial charge in [0.1, 0.15) is 11.5 Å². The van der Waals surface area contributed by atoms with E-state index in [1.165, 1.54) is 23.3 Å². The van der Waals surface area contributed by atoms with Gasteiger partial charge in [-0.15, -0.1) is 0 Å². The van der Waals surface area contributed by atoms with E-state index >= 15 is 0 Å². The Morgan fingerprint density at radius 3 is 2.64 bits per heavy atom. The molecule has 0 saturated heterocycles. The normalized spacial score (nSPS) is 15.4. The van der Waals surface area contributed by atoms with Gasteiger partial charge in [-0.3, -0.25) is 15.6 Å². The number of carbonyl (C=O) groups is 2. The number of phenolic OH excluding ortho intramolecular Hbond substituents is 1. The largest absolute Gasteiger partial charge is 0.505 e. The van der Waals surface area contributed by atoms with Crippen LogP contribution in [0.25, 0.3) is 11.1 Å². The van der Waals surface area contributed by atoms with Crippen LogP contribution in [0.1, 0.15) is 53.2 Å². The zero-order valence-corrected chi connectivity index (χ0v) is 20.4. The summed E-state index contributed by atoms with van der Waals surface area (Å²) in [6.07, 6.45) is 2.82. The molecule has 4 rings (SSSR count). The van der Waals surface area contributed by atoms with Gasteiger partial charge in [0.15, 0.2) is 6.29 Å². The Labute approximate surface area is 209 Å². The number of nitrogens with one attached hydrogen (secondary N) is 2. The number of hydrogen-bond acceptors (Lipinski definition) is 7. The lowest BCUT2D eigenvalue weighted by molar-refractivity contribution is -0.102. The van der Waals surface area contributed by atoms with Crippen molar-refractivity contribution in [2.75, 3.05) is 10.9 Å². The minimum absolute atomic E-state index is 0.0624. The lowest BCUT2D eigenvalue weighted by Gasteiger charge is -2.12. The number of anilines is 2. The summed E-state index contributed by atoms with van der Waals surface area (Å²) < 4.78 is 0. The summed E-state index contributed by atoms with van der Waals surface area (Å²) in [4.78, 5) is 23.1. The molecule has 0 spiro atoms. The van der Waals surface area contributed by atoms with Crippen molar-refractivity contribution in [1.82, 2.24) is 0 Å². The fourth-order valence-corrected chi connectivity index (χ4v) is 4.30. The van der Waals surface area contributed by atoms with E-state index in [-0.39, 0.29) is 22.7 Å². The summed E-state index contributed by atoms with van der Waals surface area (Å²) in [5.74, 6) is -0.654. The van der Waals surface area contributed by atoms with Crippen LogP contribution in [-0.2, 0) is 11.2 Å². The van der Waals surface area contributed by atoms with Gasteiger partial charge < -0.3 is 10.2 Å². The van der Waals surface area contributed by atoms with E-state index in [9.17, 15) is 19.8 Å². The van der Waals surface area contributed by atoms with Gasteiger partial charge in [0.2, 0.25) is 0 Å². The molecule has 36 heavy (non-hydrogen) atoms. The van der Waals surface area contributed by atoms with Crippen LogP contribution in [0, 0.1) is 6.92 Å². The van der Waals surface area contributed by atoms with Crippen LogP contribution in [0.4, 0.5) is 11.4 Å². The van der Waals surface area contributed by atoms with Crippen molar-refractivity contribution in [3.63, 3.8) is 0 Å². The van der Waals surface area contributed by atoms with E-state index in [1.54, 1.807) is 31.2 Å². The fourth-order valence-electron chi connectivity index (χ4n) is 4.30. The first-order chi connectivity index (χ1) is 17.3. The molecule has 0 fully saturated rings. The average Bonchev–Trinajstić information content (AvgIpc) is 3.24. The first-order valence-electron chi connectivity index (χ1n) is 11.7. The molecule has 3 aromatic carbocycles. The Morgan fingerprint density at radius 2 is 1.89 bits per heavy atom.